The van der Waals surface area contributed by atoms with E-state index in [0.29, 0.717) is 0 Å². The van der Waals surface area contributed by atoms with Gasteiger partial charge in [-0.1, -0.05) is 0 Å². The van der Waals surface area contributed by atoms with E-state index in [1.54, 1.807) is 0 Å². The standard InChI is InChI=1S/C8H18O3.C7H16O3/c1-6(2,9)8(5,11)7(3,4)10;1-6(2,9)5(8)7(3,4)10/h9-11H,1-5H3;5,8-10H,1-4H3. The maximum Gasteiger partial charge on any atom is 0.118 e. The highest BCUT2D eigenvalue weighted by atomic mass is 16.4. The molecule has 6 heteroatoms. The lowest BCUT2D eigenvalue weighted by atomic mass is 9.76. The molecule has 0 unspecified atom stereocenters. The minimum Gasteiger partial charge on any atom is -0.388 e. The first kappa shape index (κ1) is 23.0. The van der Waals surface area contributed by atoms with Crippen molar-refractivity contribution >= 4 is 0 Å². The Morgan fingerprint density at radius 2 is 0.714 bits per heavy atom. The molecule has 0 radical (unpaired) electrons. The van der Waals surface area contributed by atoms with Crippen molar-refractivity contribution in [3.63, 3.8) is 0 Å². The molecule has 6 nitrogen and oxygen atoms in total. The zero-order chi connectivity index (χ0) is 18.1. The van der Waals surface area contributed by atoms with E-state index in [1.165, 1.54) is 62.3 Å². The van der Waals surface area contributed by atoms with Gasteiger partial charge in [-0.15, -0.1) is 0 Å². The smallest absolute Gasteiger partial charge is 0.118 e. The van der Waals surface area contributed by atoms with Crippen molar-refractivity contribution in [2.45, 2.75) is 96.4 Å². The van der Waals surface area contributed by atoms with Gasteiger partial charge in [-0.05, 0) is 62.3 Å². The van der Waals surface area contributed by atoms with Gasteiger partial charge in [-0.3, -0.25) is 0 Å². The second-order valence-corrected chi connectivity index (χ2v) is 7.90. The van der Waals surface area contributed by atoms with E-state index < -0.39 is 34.1 Å². The van der Waals surface area contributed by atoms with Crippen LogP contribution in [0.25, 0.3) is 0 Å². The summed E-state index contributed by atoms with van der Waals surface area (Å²) in [5, 5.41) is 56.3. The predicted octanol–water partition coefficient (Wildman–Crippen LogP) is 0.168. The third kappa shape index (κ3) is 7.04. The van der Waals surface area contributed by atoms with Crippen molar-refractivity contribution in [1.82, 2.24) is 0 Å². The molecule has 0 atom stereocenters. The molecule has 0 aliphatic carbocycles. The lowest BCUT2D eigenvalue weighted by Crippen LogP contribution is -2.61. The minimum atomic E-state index is -1.51. The van der Waals surface area contributed by atoms with Gasteiger partial charge in [-0.2, -0.15) is 0 Å². The van der Waals surface area contributed by atoms with Crippen LogP contribution in [-0.4, -0.2) is 64.7 Å². The first-order valence-electron chi connectivity index (χ1n) is 6.95. The molecule has 21 heavy (non-hydrogen) atoms. The van der Waals surface area contributed by atoms with Gasteiger partial charge < -0.3 is 30.6 Å². The van der Waals surface area contributed by atoms with Crippen molar-refractivity contribution in [2.24, 2.45) is 0 Å². The molecule has 0 aromatic rings. The fourth-order valence-corrected chi connectivity index (χ4v) is 1.61. The topological polar surface area (TPSA) is 121 Å². The molecule has 0 fully saturated rings. The molecule has 0 aromatic carbocycles. The quantitative estimate of drug-likeness (QED) is 0.440. The van der Waals surface area contributed by atoms with Gasteiger partial charge in [-0.25, -0.2) is 0 Å². The predicted molar refractivity (Wildman–Crippen MR) is 81.8 cm³/mol. The van der Waals surface area contributed by atoms with E-state index in [2.05, 4.69) is 0 Å². The average Bonchev–Trinajstić information content (AvgIpc) is 2.11. The molecule has 0 aliphatic rings. The molecule has 6 N–H and O–H groups in total. The van der Waals surface area contributed by atoms with Crippen molar-refractivity contribution in [3.05, 3.63) is 0 Å². The Kier molecular flexibility index (Phi) is 7.11. The Hall–Kier alpha value is -0.240. The summed E-state index contributed by atoms with van der Waals surface area (Å²) in [5.74, 6) is 0. The van der Waals surface area contributed by atoms with Crippen LogP contribution >= 0.6 is 0 Å². The Bertz CT molecular complexity index is 279. The summed E-state index contributed by atoms with van der Waals surface area (Å²) in [4.78, 5) is 0. The Labute approximate surface area is 128 Å². The molecule has 0 aromatic heterocycles. The van der Waals surface area contributed by atoms with Gasteiger partial charge in [0.2, 0.25) is 0 Å². The zero-order valence-corrected chi connectivity index (χ0v) is 14.8. The van der Waals surface area contributed by atoms with Gasteiger partial charge in [0, 0.05) is 0 Å². The Balaban J connectivity index is 0. The molecule has 0 heterocycles. The van der Waals surface area contributed by atoms with Crippen molar-refractivity contribution in [2.75, 3.05) is 0 Å². The molecule has 0 rings (SSSR count). The summed E-state index contributed by atoms with van der Waals surface area (Å²) >= 11 is 0. The Morgan fingerprint density at radius 3 is 0.714 bits per heavy atom. The van der Waals surface area contributed by atoms with E-state index in [0.717, 1.165) is 0 Å². The summed E-state index contributed by atoms with van der Waals surface area (Å²) in [6.45, 7) is 13.1. The van der Waals surface area contributed by atoms with Crippen LogP contribution in [0.5, 0.6) is 0 Å². The maximum absolute atomic E-state index is 9.69. The van der Waals surface area contributed by atoms with E-state index in [9.17, 15) is 30.6 Å². The van der Waals surface area contributed by atoms with Crippen LogP contribution in [0.15, 0.2) is 0 Å². The molecule has 130 valence electrons. The van der Waals surface area contributed by atoms with Gasteiger partial charge in [0.1, 0.15) is 11.7 Å². The number of hydrogen-bond donors (Lipinski definition) is 6. The molecular formula is C15H34O6. The average molecular weight is 310 g/mol. The van der Waals surface area contributed by atoms with E-state index in [1.807, 2.05) is 0 Å². The van der Waals surface area contributed by atoms with Gasteiger partial charge in [0.05, 0.1) is 22.4 Å². The lowest BCUT2D eigenvalue weighted by molar-refractivity contribution is -0.211. The summed E-state index contributed by atoms with van der Waals surface area (Å²) in [7, 11) is 0. The second kappa shape index (κ2) is 6.48. The molecule has 0 saturated carbocycles. The highest BCUT2D eigenvalue weighted by Crippen LogP contribution is 2.31. The molecule has 0 saturated heterocycles. The van der Waals surface area contributed by atoms with E-state index in [4.69, 9.17) is 0 Å². The van der Waals surface area contributed by atoms with Crippen LogP contribution in [0.1, 0.15) is 62.3 Å². The van der Waals surface area contributed by atoms with Crippen molar-refractivity contribution < 1.29 is 30.6 Å². The molecule has 0 aliphatic heterocycles. The number of aliphatic hydroxyl groups excluding tert-OH is 1. The highest BCUT2D eigenvalue weighted by molar-refractivity contribution is 5.00. The van der Waals surface area contributed by atoms with Crippen LogP contribution in [0, 0.1) is 0 Å². The maximum atomic E-state index is 9.69. The first-order valence-corrected chi connectivity index (χ1v) is 6.95. The number of aliphatic hydroxyl groups is 6. The summed E-state index contributed by atoms with van der Waals surface area (Å²) < 4.78 is 0. The van der Waals surface area contributed by atoms with E-state index >= 15 is 0 Å². The SMILES string of the molecule is CC(C)(O)C(C)(O)C(C)(C)O.CC(C)(O)C(O)C(C)(C)O. The van der Waals surface area contributed by atoms with Crippen LogP contribution in [0.3, 0.4) is 0 Å². The van der Waals surface area contributed by atoms with Gasteiger partial charge in [0.15, 0.2) is 0 Å². The zero-order valence-electron chi connectivity index (χ0n) is 14.8. The third-order valence-electron chi connectivity index (χ3n) is 3.72. The van der Waals surface area contributed by atoms with Crippen LogP contribution in [0.2, 0.25) is 0 Å². The number of hydrogen-bond acceptors (Lipinski definition) is 6. The lowest BCUT2D eigenvalue weighted by Gasteiger charge is -2.44. The van der Waals surface area contributed by atoms with Crippen LogP contribution in [0.4, 0.5) is 0 Å². The monoisotopic (exact) mass is 310 g/mol. The van der Waals surface area contributed by atoms with E-state index in [-0.39, 0.29) is 0 Å². The number of rotatable bonds is 4. The summed E-state index contributed by atoms with van der Waals surface area (Å²) in [5.41, 5.74) is -6.65. The van der Waals surface area contributed by atoms with Crippen LogP contribution < -0.4 is 0 Å². The minimum absolute atomic E-state index is 1.13. The normalized spacial score (nSPS) is 14.9. The summed E-state index contributed by atoms with van der Waals surface area (Å²) in [6, 6.07) is 0. The van der Waals surface area contributed by atoms with Gasteiger partial charge in [0.25, 0.3) is 0 Å². The molecule has 0 amide bonds. The Morgan fingerprint density at radius 1 is 0.524 bits per heavy atom. The molecule has 0 spiro atoms. The largest absolute Gasteiger partial charge is 0.388 e. The fraction of sp³-hybridized carbons (Fsp3) is 1.00. The summed E-state index contributed by atoms with van der Waals surface area (Å²) in [6.07, 6.45) is -1.13. The first-order chi connectivity index (χ1) is 8.65. The van der Waals surface area contributed by atoms with Crippen LogP contribution in [-0.2, 0) is 0 Å². The molecule has 0 bridgehead atoms. The molecular weight excluding hydrogens is 276 g/mol. The fourth-order valence-electron chi connectivity index (χ4n) is 1.61. The third-order valence-corrected chi connectivity index (χ3v) is 3.72. The van der Waals surface area contributed by atoms with Crippen molar-refractivity contribution in [3.8, 4) is 0 Å². The second-order valence-electron chi connectivity index (χ2n) is 7.90. The van der Waals surface area contributed by atoms with Crippen molar-refractivity contribution in [1.29, 1.82) is 0 Å². The van der Waals surface area contributed by atoms with Gasteiger partial charge >= 0.3 is 0 Å². The highest BCUT2D eigenvalue weighted by Gasteiger charge is 2.48.